The molecule has 3 N–H and O–H groups in total. The van der Waals surface area contributed by atoms with Gasteiger partial charge in [-0.15, -0.1) is 0 Å². The average Bonchev–Trinajstić information content (AvgIpc) is 3.41. The van der Waals surface area contributed by atoms with Crippen molar-refractivity contribution in [2.75, 3.05) is 35.8 Å². The zero-order valence-corrected chi connectivity index (χ0v) is 29.0. The number of aliphatic hydroxyl groups excluding tert-OH is 1. The first kappa shape index (κ1) is 34.7. The molecule has 10 heteroatoms. The van der Waals surface area contributed by atoms with Gasteiger partial charge < -0.3 is 20.1 Å². The summed E-state index contributed by atoms with van der Waals surface area (Å²) in [7, 11) is -3.81. The number of rotatable bonds is 15. The van der Waals surface area contributed by atoms with E-state index in [9.17, 15) is 18.3 Å². The molecular weight excluding hydrogens is 612 g/mol. The van der Waals surface area contributed by atoms with Gasteiger partial charge in [-0.3, -0.25) is 9.62 Å². The van der Waals surface area contributed by atoms with Crippen LogP contribution < -0.4 is 19.7 Å². The maximum atomic E-state index is 13.2. The number of carbonyl (C=O) groups excluding carboxylic acids is 1. The van der Waals surface area contributed by atoms with Crippen LogP contribution >= 0.6 is 0 Å². The zero-order valence-electron chi connectivity index (χ0n) is 28.2. The number of benzene rings is 3. The third-order valence-electron chi connectivity index (χ3n) is 9.22. The average molecular weight is 663 g/mol. The molecule has 3 aromatic carbocycles. The van der Waals surface area contributed by atoms with Gasteiger partial charge in [0.15, 0.2) is 0 Å². The number of aliphatic hydroxyl groups is 1. The van der Waals surface area contributed by atoms with E-state index in [1.54, 1.807) is 41.3 Å². The lowest BCUT2D eigenvalue weighted by Gasteiger charge is -2.42. The summed E-state index contributed by atoms with van der Waals surface area (Å²) in [5, 5.41) is 14.5. The van der Waals surface area contributed by atoms with Crippen LogP contribution in [0.25, 0.3) is 0 Å². The lowest BCUT2D eigenvalue weighted by molar-refractivity contribution is -0.0644. The number of aryl methyl sites for hydroxylation is 1. The standard InChI is InChI=1S/C37H50N4O5S/c1-5-6-7-8-9-10-23-40-24-25-41(36(40)43)30-16-18-31(19-17-30)47(44,45)39-29-14-12-28(13-15-29)21-22-38-34-32-20-11-27(2)26-33(32)46-37(3,4)35(34)42/h11-20,26,34-35,38-39,42H,5-10,21-25H2,1-4H3. The minimum absolute atomic E-state index is 0.0183. The Morgan fingerprint density at radius 3 is 2.36 bits per heavy atom. The molecule has 3 aromatic rings. The summed E-state index contributed by atoms with van der Waals surface area (Å²) in [5.41, 5.74) is 3.53. The van der Waals surface area contributed by atoms with Crippen LogP contribution in [0.5, 0.6) is 5.75 Å². The molecule has 5 rings (SSSR count). The summed E-state index contributed by atoms with van der Waals surface area (Å²) in [6, 6.07) is 19.6. The molecule has 0 aromatic heterocycles. The van der Waals surface area contributed by atoms with Crippen LogP contribution in [0, 0.1) is 6.92 Å². The van der Waals surface area contributed by atoms with E-state index in [1.165, 1.54) is 25.7 Å². The molecule has 254 valence electrons. The van der Waals surface area contributed by atoms with Crippen molar-refractivity contribution in [3.05, 3.63) is 83.4 Å². The van der Waals surface area contributed by atoms with Crippen molar-refractivity contribution >= 4 is 27.4 Å². The number of fused-ring (bicyclic) bond motifs is 1. The summed E-state index contributed by atoms with van der Waals surface area (Å²) in [6.45, 7) is 10.7. The number of ether oxygens (including phenoxy) is 1. The van der Waals surface area contributed by atoms with Crippen LogP contribution in [-0.4, -0.2) is 62.3 Å². The summed E-state index contributed by atoms with van der Waals surface area (Å²) in [6.07, 6.45) is 7.08. The molecular formula is C37H50N4O5S. The van der Waals surface area contributed by atoms with Crippen LogP contribution in [0.3, 0.4) is 0 Å². The monoisotopic (exact) mass is 662 g/mol. The lowest BCUT2D eigenvalue weighted by Crippen LogP contribution is -2.52. The molecule has 0 radical (unpaired) electrons. The molecule has 2 atom stereocenters. The fourth-order valence-electron chi connectivity index (χ4n) is 6.37. The summed E-state index contributed by atoms with van der Waals surface area (Å²) >= 11 is 0. The normalized spacial score (nSPS) is 19.0. The van der Waals surface area contributed by atoms with Gasteiger partial charge in [-0.2, -0.15) is 0 Å². The largest absolute Gasteiger partial charge is 0.485 e. The van der Waals surface area contributed by atoms with Gasteiger partial charge in [0, 0.05) is 36.6 Å². The predicted molar refractivity (Wildman–Crippen MR) is 188 cm³/mol. The number of hydrogen-bond acceptors (Lipinski definition) is 6. The SMILES string of the molecule is CCCCCCCCN1CCN(c2ccc(S(=O)(=O)Nc3ccc(CCNC4c5ccc(C)cc5OC(C)(C)C4O)cc3)cc2)C1=O. The molecule has 2 heterocycles. The highest BCUT2D eigenvalue weighted by Gasteiger charge is 2.42. The van der Waals surface area contributed by atoms with Crippen LogP contribution in [0.2, 0.25) is 0 Å². The lowest BCUT2D eigenvalue weighted by atomic mass is 9.86. The number of carbonyl (C=O) groups is 1. The first-order valence-electron chi connectivity index (χ1n) is 17.0. The first-order valence-corrected chi connectivity index (χ1v) is 18.5. The molecule has 0 aliphatic carbocycles. The summed E-state index contributed by atoms with van der Waals surface area (Å²) < 4.78 is 35.1. The van der Waals surface area contributed by atoms with Crippen molar-refractivity contribution in [1.82, 2.24) is 10.2 Å². The molecule has 47 heavy (non-hydrogen) atoms. The second-order valence-corrected chi connectivity index (χ2v) is 15.0. The van der Waals surface area contributed by atoms with Gasteiger partial charge in [0.2, 0.25) is 0 Å². The topological polar surface area (TPSA) is 111 Å². The fourth-order valence-corrected chi connectivity index (χ4v) is 7.43. The third kappa shape index (κ3) is 8.47. The van der Waals surface area contributed by atoms with Gasteiger partial charge in [-0.05, 0) is 93.7 Å². The Hall–Kier alpha value is -3.60. The summed E-state index contributed by atoms with van der Waals surface area (Å²) in [4.78, 5) is 16.7. The van der Waals surface area contributed by atoms with Gasteiger partial charge in [0.05, 0.1) is 10.9 Å². The number of nitrogens with one attached hydrogen (secondary N) is 2. The van der Waals surface area contributed by atoms with Gasteiger partial charge >= 0.3 is 6.03 Å². The Labute approximate surface area is 280 Å². The second-order valence-electron chi connectivity index (χ2n) is 13.4. The number of sulfonamides is 1. The highest BCUT2D eigenvalue weighted by atomic mass is 32.2. The van der Waals surface area contributed by atoms with E-state index in [4.69, 9.17) is 4.74 Å². The van der Waals surface area contributed by atoms with E-state index in [2.05, 4.69) is 17.0 Å². The number of hydrogen-bond donors (Lipinski definition) is 3. The Kier molecular flexibility index (Phi) is 11.1. The number of amides is 2. The van der Waals surface area contributed by atoms with Gasteiger partial charge in [-0.1, -0.05) is 63.3 Å². The molecule has 2 unspecified atom stereocenters. The molecule has 1 saturated heterocycles. The van der Waals surface area contributed by atoms with Crippen molar-refractivity contribution in [3.63, 3.8) is 0 Å². The van der Waals surface area contributed by atoms with Gasteiger partial charge in [0.1, 0.15) is 17.5 Å². The van der Waals surface area contributed by atoms with E-state index in [0.717, 1.165) is 41.8 Å². The molecule has 0 saturated carbocycles. The van der Waals surface area contributed by atoms with Crippen molar-refractivity contribution in [2.45, 2.75) is 95.3 Å². The number of unbranched alkanes of at least 4 members (excludes halogenated alkanes) is 5. The fraction of sp³-hybridized carbons (Fsp3) is 0.486. The molecule has 2 amide bonds. The quantitative estimate of drug-likeness (QED) is 0.154. The van der Waals surface area contributed by atoms with Crippen molar-refractivity contribution in [2.24, 2.45) is 0 Å². The number of nitrogens with zero attached hydrogens (tertiary/aromatic N) is 2. The van der Waals surface area contributed by atoms with E-state index >= 15 is 0 Å². The Morgan fingerprint density at radius 2 is 1.64 bits per heavy atom. The molecule has 9 nitrogen and oxygen atoms in total. The molecule has 2 aliphatic rings. The number of urea groups is 1. The van der Waals surface area contributed by atoms with Crippen LogP contribution in [0.15, 0.2) is 71.6 Å². The van der Waals surface area contributed by atoms with Gasteiger partial charge in [-0.25, -0.2) is 13.2 Å². The zero-order chi connectivity index (χ0) is 33.6. The van der Waals surface area contributed by atoms with Crippen LogP contribution in [-0.2, 0) is 16.4 Å². The Balaban J connectivity index is 1.12. The molecule has 0 bridgehead atoms. The maximum Gasteiger partial charge on any atom is 0.324 e. The van der Waals surface area contributed by atoms with Crippen molar-refractivity contribution in [3.8, 4) is 5.75 Å². The van der Waals surface area contributed by atoms with E-state index in [-0.39, 0.29) is 17.0 Å². The Bertz CT molecular complexity index is 1610. The molecule has 1 fully saturated rings. The van der Waals surface area contributed by atoms with Crippen LogP contribution in [0.4, 0.5) is 16.2 Å². The molecule has 0 spiro atoms. The minimum Gasteiger partial charge on any atom is -0.485 e. The highest BCUT2D eigenvalue weighted by Crippen LogP contribution is 2.40. The van der Waals surface area contributed by atoms with E-state index < -0.39 is 21.7 Å². The van der Waals surface area contributed by atoms with Gasteiger partial charge in [0.25, 0.3) is 10.0 Å². The highest BCUT2D eigenvalue weighted by molar-refractivity contribution is 7.92. The first-order chi connectivity index (χ1) is 22.5. The molecule has 2 aliphatic heterocycles. The third-order valence-corrected chi connectivity index (χ3v) is 10.6. The number of anilines is 2. The van der Waals surface area contributed by atoms with Crippen molar-refractivity contribution in [1.29, 1.82) is 0 Å². The smallest absolute Gasteiger partial charge is 0.324 e. The van der Waals surface area contributed by atoms with E-state index in [0.29, 0.717) is 37.4 Å². The maximum absolute atomic E-state index is 13.2. The van der Waals surface area contributed by atoms with Crippen LogP contribution in [0.1, 0.15) is 82.0 Å². The Morgan fingerprint density at radius 1 is 0.936 bits per heavy atom. The summed E-state index contributed by atoms with van der Waals surface area (Å²) in [5.74, 6) is 0.791. The predicted octanol–water partition coefficient (Wildman–Crippen LogP) is 6.80. The van der Waals surface area contributed by atoms with E-state index in [1.807, 2.05) is 56.0 Å². The minimum atomic E-state index is -3.81. The second kappa shape index (κ2) is 15.1. The van der Waals surface area contributed by atoms with Crippen molar-refractivity contribution < 1.29 is 23.1 Å².